The molecule has 3 amide bonds. The van der Waals surface area contributed by atoms with Crippen LogP contribution in [0.3, 0.4) is 0 Å². The van der Waals surface area contributed by atoms with E-state index in [9.17, 15) is 9.59 Å². The number of anilines is 1. The zero-order chi connectivity index (χ0) is 15.9. The van der Waals surface area contributed by atoms with E-state index in [1.807, 2.05) is 7.05 Å². The summed E-state index contributed by atoms with van der Waals surface area (Å²) < 4.78 is 5.06. The largest absolute Gasteiger partial charge is 0.359 e. The molecule has 0 aromatic carbocycles. The van der Waals surface area contributed by atoms with Crippen molar-refractivity contribution in [1.29, 1.82) is 0 Å². The minimum absolute atomic E-state index is 0.173. The summed E-state index contributed by atoms with van der Waals surface area (Å²) in [5, 5.41) is 6.69. The Balaban J connectivity index is 1.70. The van der Waals surface area contributed by atoms with Crippen LogP contribution >= 0.6 is 0 Å². The molecular formula is C15H22N4O3. The van der Waals surface area contributed by atoms with Crippen LogP contribution in [0.15, 0.2) is 4.52 Å². The van der Waals surface area contributed by atoms with Crippen molar-refractivity contribution >= 4 is 17.6 Å². The highest BCUT2D eigenvalue weighted by Crippen LogP contribution is 2.39. The summed E-state index contributed by atoms with van der Waals surface area (Å²) >= 11 is 0. The number of hydrogen-bond donors (Lipinski definition) is 1. The fourth-order valence-corrected chi connectivity index (χ4v) is 3.54. The molecule has 7 heteroatoms. The number of hydrogen-bond acceptors (Lipinski definition) is 4. The summed E-state index contributed by atoms with van der Waals surface area (Å²) in [5.74, 6) is 0.764. The lowest BCUT2D eigenvalue weighted by molar-refractivity contribution is -0.143. The van der Waals surface area contributed by atoms with Crippen LogP contribution < -0.4 is 5.32 Å². The Labute approximate surface area is 129 Å². The summed E-state index contributed by atoms with van der Waals surface area (Å²) in [6, 6.07) is -0.188. The fourth-order valence-electron chi connectivity index (χ4n) is 3.54. The number of aromatic nitrogens is 1. The summed E-state index contributed by atoms with van der Waals surface area (Å²) in [6.07, 6.45) is 2.61. The van der Waals surface area contributed by atoms with Crippen LogP contribution in [-0.4, -0.2) is 53.6 Å². The first-order chi connectivity index (χ1) is 10.4. The zero-order valence-corrected chi connectivity index (χ0v) is 13.3. The van der Waals surface area contributed by atoms with Gasteiger partial charge in [0.1, 0.15) is 11.4 Å². The highest BCUT2D eigenvalue weighted by Gasteiger charge is 2.48. The first kappa shape index (κ1) is 14.9. The Morgan fingerprint density at radius 1 is 1.32 bits per heavy atom. The standard InChI is InChI=1S/C15H22N4O3/c1-10-12(11(2)22-17-10)16-14(21)19-8-6-15(9-19)5-4-7-18(3)13(15)20/h4-9H2,1-3H3,(H,16,21). The Morgan fingerprint density at radius 2 is 2.09 bits per heavy atom. The van der Waals surface area contributed by atoms with Crippen molar-refractivity contribution in [1.82, 2.24) is 15.0 Å². The quantitative estimate of drug-likeness (QED) is 0.857. The number of likely N-dealkylation sites (tertiary alicyclic amines) is 2. The lowest BCUT2D eigenvalue weighted by Gasteiger charge is -2.37. The van der Waals surface area contributed by atoms with Gasteiger partial charge in [-0.1, -0.05) is 5.16 Å². The predicted octanol–water partition coefficient (Wildman–Crippen LogP) is 1.77. The molecule has 3 heterocycles. The molecule has 120 valence electrons. The lowest BCUT2D eigenvalue weighted by Crippen LogP contribution is -2.49. The first-order valence-corrected chi connectivity index (χ1v) is 7.67. The van der Waals surface area contributed by atoms with E-state index in [-0.39, 0.29) is 17.4 Å². The van der Waals surface area contributed by atoms with Gasteiger partial charge >= 0.3 is 6.03 Å². The number of nitrogens with one attached hydrogen (secondary N) is 1. The molecule has 7 nitrogen and oxygen atoms in total. The molecule has 1 spiro atoms. The van der Waals surface area contributed by atoms with E-state index in [2.05, 4.69) is 10.5 Å². The molecule has 2 aliphatic heterocycles. The molecule has 22 heavy (non-hydrogen) atoms. The molecule has 2 saturated heterocycles. The van der Waals surface area contributed by atoms with E-state index in [1.165, 1.54) is 0 Å². The Hall–Kier alpha value is -2.05. The number of amides is 3. The highest BCUT2D eigenvalue weighted by atomic mass is 16.5. The maximum atomic E-state index is 12.5. The van der Waals surface area contributed by atoms with Crippen molar-refractivity contribution in [2.45, 2.75) is 33.1 Å². The summed E-state index contributed by atoms with van der Waals surface area (Å²) in [7, 11) is 1.84. The number of rotatable bonds is 1. The van der Waals surface area contributed by atoms with Gasteiger partial charge in [0.15, 0.2) is 5.76 Å². The molecule has 1 aromatic heterocycles. The summed E-state index contributed by atoms with van der Waals surface area (Å²) in [5.41, 5.74) is 0.898. The van der Waals surface area contributed by atoms with E-state index in [0.717, 1.165) is 25.8 Å². The lowest BCUT2D eigenvalue weighted by atomic mass is 9.78. The van der Waals surface area contributed by atoms with Gasteiger partial charge in [-0.05, 0) is 33.1 Å². The van der Waals surface area contributed by atoms with Crippen molar-refractivity contribution in [3.05, 3.63) is 11.5 Å². The van der Waals surface area contributed by atoms with Gasteiger partial charge in [-0.25, -0.2) is 4.79 Å². The van der Waals surface area contributed by atoms with Crippen molar-refractivity contribution in [3.63, 3.8) is 0 Å². The average Bonchev–Trinajstić information content (AvgIpc) is 3.04. The number of urea groups is 1. The van der Waals surface area contributed by atoms with Gasteiger partial charge in [-0.3, -0.25) is 4.79 Å². The second kappa shape index (κ2) is 5.30. The third kappa shape index (κ3) is 2.34. The van der Waals surface area contributed by atoms with Crippen molar-refractivity contribution in [3.8, 4) is 0 Å². The molecule has 0 radical (unpaired) electrons. The SMILES string of the molecule is Cc1noc(C)c1NC(=O)N1CCC2(CCCN(C)C2=O)C1. The smallest absolute Gasteiger partial charge is 0.322 e. The number of carbonyl (C=O) groups is 2. The van der Waals surface area contributed by atoms with Crippen LogP contribution in [0.1, 0.15) is 30.7 Å². The van der Waals surface area contributed by atoms with E-state index in [1.54, 1.807) is 23.6 Å². The maximum Gasteiger partial charge on any atom is 0.322 e. The number of nitrogens with zero attached hydrogens (tertiary/aromatic N) is 3. The van der Waals surface area contributed by atoms with E-state index < -0.39 is 0 Å². The normalized spacial score (nSPS) is 25.1. The van der Waals surface area contributed by atoms with Gasteiger partial charge in [0.25, 0.3) is 0 Å². The van der Waals surface area contributed by atoms with Gasteiger partial charge in [0.2, 0.25) is 5.91 Å². The van der Waals surface area contributed by atoms with E-state index in [4.69, 9.17) is 4.52 Å². The molecule has 1 atom stereocenters. The van der Waals surface area contributed by atoms with Crippen LogP contribution in [0.5, 0.6) is 0 Å². The summed E-state index contributed by atoms with van der Waals surface area (Å²) in [6.45, 7) is 5.46. The van der Waals surface area contributed by atoms with Gasteiger partial charge < -0.3 is 19.6 Å². The molecule has 2 aliphatic rings. The third-order valence-electron chi connectivity index (χ3n) is 4.86. The highest BCUT2D eigenvalue weighted by molar-refractivity contribution is 5.92. The molecule has 1 N–H and O–H groups in total. The number of piperidine rings is 1. The molecular weight excluding hydrogens is 284 g/mol. The van der Waals surface area contributed by atoms with Crippen LogP contribution in [0.25, 0.3) is 0 Å². The average molecular weight is 306 g/mol. The van der Waals surface area contributed by atoms with Crippen molar-refractivity contribution < 1.29 is 14.1 Å². The second-order valence-corrected chi connectivity index (χ2v) is 6.41. The minimum Gasteiger partial charge on any atom is -0.359 e. The summed E-state index contributed by atoms with van der Waals surface area (Å²) in [4.78, 5) is 28.5. The molecule has 1 aromatic rings. The molecule has 0 saturated carbocycles. The molecule has 1 unspecified atom stereocenters. The number of aryl methyl sites for hydroxylation is 2. The third-order valence-corrected chi connectivity index (χ3v) is 4.86. The number of carbonyl (C=O) groups excluding carboxylic acids is 2. The predicted molar refractivity (Wildman–Crippen MR) is 80.5 cm³/mol. The Bertz CT molecular complexity index is 592. The Kier molecular flexibility index (Phi) is 3.58. The van der Waals surface area contributed by atoms with Gasteiger partial charge in [0.05, 0.1) is 5.41 Å². The molecule has 2 fully saturated rings. The first-order valence-electron chi connectivity index (χ1n) is 7.67. The molecule has 3 rings (SSSR count). The van der Waals surface area contributed by atoms with Crippen molar-refractivity contribution in [2.75, 3.05) is 32.0 Å². The van der Waals surface area contributed by atoms with Gasteiger partial charge in [-0.2, -0.15) is 0 Å². The van der Waals surface area contributed by atoms with Crippen LogP contribution in [0.4, 0.5) is 10.5 Å². The minimum atomic E-state index is -0.386. The second-order valence-electron chi connectivity index (χ2n) is 6.41. The zero-order valence-electron chi connectivity index (χ0n) is 13.3. The van der Waals surface area contributed by atoms with E-state index >= 15 is 0 Å². The van der Waals surface area contributed by atoms with E-state index in [0.29, 0.717) is 30.2 Å². The van der Waals surface area contributed by atoms with Crippen LogP contribution in [0, 0.1) is 19.3 Å². The van der Waals surface area contributed by atoms with Gasteiger partial charge in [-0.15, -0.1) is 0 Å². The molecule has 0 aliphatic carbocycles. The molecule has 0 bridgehead atoms. The monoisotopic (exact) mass is 306 g/mol. The van der Waals surface area contributed by atoms with Gasteiger partial charge in [0, 0.05) is 26.7 Å². The van der Waals surface area contributed by atoms with Crippen molar-refractivity contribution in [2.24, 2.45) is 5.41 Å². The maximum absolute atomic E-state index is 12.5. The van der Waals surface area contributed by atoms with Crippen LogP contribution in [-0.2, 0) is 4.79 Å². The van der Waals surface area contributed by atoms with Crippen LogP contribution in [0.2, 0.25) is 0 Å². The fraction of sp³-hybridized carbons (Fsp3) is 0.667. The Morgan fingerprint density at radius 3 is 2.77 bits per heavy atom. The topological polar surface area (TPSA) is 78.7 Å².